The summed E-state index contributed by atoms with van der Waals surface area (Å²) in [5.41, 5.74) is 1.20. The summed E-state index contributed by atoms with van der Waals surface area (Å²) in [6.07, 6.45) is 0.0832. The number of ether oxygens (including phenoxy) is 1. The summed E-state index contributed by atoms with van der Waals surface area (Å²) in [7, 11) is 0. The van der Waals surface area contributed by atoms with Crippen molar-refractivity contribution in [3.8, 4) is 0 Å². The van der Waals surface area contributed by atoms with Gasteiger partial charge in [0.1, 0.15) is 0 Å². The largest absolute Gasteiger partial charge is 0.462 e. The molecule has 7 heteroatoms. The molecule has 0 heterocycles. The Kier molecular flexibility index (Phi) is 7.17. The van der Waals surface area contributed by atoms with Gasteiger partial charge < -0.3 is 15.4 Å². The summed E-state index contributed by atoms with van der Waals surface area (Å²) in [4.78, 5) is 35.7. The molecule has 136 valence electrons. The van der Waals surface area contributed by atoms with Crippen LogP contribution in [0.2, 0.25) is 5.02 Å². The second-order valence-corrected chi connectivity index (χ2v) is 5.74. The highest BCUT2D eigenvalue weighted by Gasteiger charge is 2.11. The predicted octanol–water partition coefficient (Wildman–Crippen LogP) is 3.28. The molecule has 0 fully saturated rings. The highest BCUT2D eigenvalue weighted by atomic mass is 35.5. The van der Waals surface area contributed by atoms with E-state index in [2.05, 4.69) is 10.6 Å². The van der Waals surface area contributed by atoms with Crippen LogP contribution in [0.5, 0.6) is 0 Å². The molecule has 2 aromatic rings. The minimum atomic E-state index is -0.449. The molecule has 26 heavy (non-hydrogen) atoms. The molecule has 6 nitrogen and oxygen atoms in total. The normalized spacial score (nSPS) is 10.1. The van der Waals surface area contributed by atoms with Gasteiger partial charge in [0, 0.05) is 18.7 Å². The number of carbonyl (C=O) groups excluding carboxylic acids is 3. The number of carbonyl (C=O) groups is 3. The third-order valence-electron chi connectivity index (χ3n) is 3.41. The molecule has 0 aromatic heterocycles. The number of esters is 1. The van der Waals surface area contributed by atoms with E-state index in [-0.39, 0.29) is 31.4 Å². The van der Waals surface area contributed by atoms with Crippen LogP contribution in [0, 0.1) is 0 Å². The fourth-order valence-electron chi connectivity index (χ4n) is 2.19. The van der Waals surface area contributed by atoms with Crippen LogP contribution in [0.1, 0.15) is 34.1 Å². The number of hydrogen-bond donors (Lipinski definition) is 2. The number of amides is 2. The summed E-state index contributed by atoms with van der Waals surface area (Å²) >= 11 is 5.95. The fraction of sp³-hybridized carbons (Fsp3) is 0.211. The van der Waals surface area contributed by atoms with Crippen molar-refractivity contribution in [2.45, 2.75) is 13.3 Å². The number of rotatable bonds is 7. The quantitative estimate of drug-likeness (QED) is 0.728. The van der Waals surface area contributed by atoms with Crippen LogP contribution < -0.4 is 10.6 Å². The Labute approximate surface area is 156 Å². The van der Waals surface area contributed by atoms with Crippen molar-refractivity contribution in [3.05, 3.63) is 64.7 Å². The molecule has 0 saturated heterocycles. The molecule has 0 aliphatic carbocycles. The Morgan fingerprint density at radius 2 is 1.85 bits per heavy atom. The van der Waals surface area contributed by atoms with Crippen molar-refractivity contribution in [1.82, 2.24) is 5.32 Å². The predicted molar refractivity (Wildman–Crippen MR) is 99.4 cm³/mol. The summed E-state index contributed by atoms with van der Waals surface area (Å²) in [5, 5.41) is 5.68. The highest BCUT2D eigenvalue weighted by Crippen LogP contribution is 2.14. The minimum absolute atomic E-state index is 0.0832. The van der Waals surface area contributed by atoms with E-state index in [1.165, 1.54) is 6.07 Å². The van der Waals surface area contributed by atoms with Crippen molar-refractivity contribution < 1.29 is 19.1 Å². The van der Waals surface area contributed by atoms with E-state index < -0.39 is 5.97 Å². The third kappa shape index (κ3) is 5.60. The second-order valence-electron chi connectivity index (χ2n) is 5.34. The molecule has 0 radical (unpaired) electrons. The van der Waals surface area contributed by atoms with Gasteiger partial charge in [-0.1, -0.05) is 29.8 Å². The maximum absolute atomic E-state index is 12.0. The van der Waals surface area contributed by atoms with Gasteiger partial charge in [0.15, 0.2) is 0 Å². The van der Waals surface area contributed by atoms with Crippen LogP contribution in [0.25, 0.3) is 0 Å². The summed E-state index contributed by atoms with van der Waals surface area (Å²) in [6.45, 7) is 2.16. The Balaban J connectivity index is 1.84. The summed E-state index contributed by atoms with van der Waals surface area (Å²) in [6, 6.07) is 13.2. The second kappa shape index (κ2) is 9.58. The van der Waals surface area contributed by atoms with E-state index >= 15 is 0 Å². The number of nitrogens with one attached hydrogen (secondary N) is 2. The zero-order chi connectivity index (χ0) is 18.9. The van der Waals surface area contributed by atoms with Gasteiger partial charge >= 0.3 is 5.97 Å². The van der Waals surface area contributed by atoms with Gasteiger partial charge in [-0.3, -0.25) is 9.59 Å². The molecule has 2 rings (SSSR count). The van der Waals surface area contributed by atoms with Gasteiger partial charge in [0.2, 0.25) is 5.91 Å². The number of benzene rings is 2. The van der Waals surface area contributed by atoms with Gasteiger partial charge in [-0.15, -0.1) is 0 Å². The lowest BCUT2D eigenvalue weighted by Gasteiger charge is -2.09. The molecule has 0 aliphatic rings. The topological polar surface area (TPSA) is 84.5 Å². The Morgan fingerprint density at radius 3 is 2.58 bits per heavy atom. The standard InChI is InChI=1S/C19H19ClN2O4/c1-2-26-19(25)13-6-5-7-14(12-13)22-17(23)10-11-21-18(24)15-8-3-4-9-16(15)20/h3-9,12H,2,10-11H2,1H3,(H,21,24)(H,22,23). The van der Waals surface area contributed by atoms with Gasteiger partial charge in [0.05, 0.1) is 22.8 Å². The maximum Gasteiger partial charge on any atom is 0.338 e. The zero-order valence-electron chi connectivity index (χ0n) is 14.3. The minimum Gasteiger partial charge on any atom is -0.462 e. The molecule has 0 atom stereocenters. The maximum atomic E-state index is 12.0. The molecule has 2 N–H and O–H groups in total. The molecule has 2 aromatic carbocycles. The SMILES string of the molecule is CCOC(=O)c1cccc(NC(=O)CCNC(=O)c2ccccc2Cl)c1. The number of hydrogen-bond acceptors (Lipinski definition) is 4. The molecule has 2 amide bonds. The molecular weight excluding hydrogens is 356 g/mol. The van der Waals surface area contributed by atoms with Crippen LogP contribution in [0.4, 0.5) is 5.69 Å². The monoisotopic (exact) mass is 374 g/mol. The molecular formula is C19H19ClN2O4. The van der Waals surface area contributed by atoms with Gasteiger partial charge in [0.25, 0.3) is 5.91 Å². The molecule has 0 unspecified atom stereocenters. The summed E-state index contributed by atoms with van der Waals surface area (Å²) in [5.74, 6) is -1.08. The lowest BCUT2D eigenvalue weighted by atomic mass is 10.2. The van der Waals surface area contributed by atoms with Crippen LogP contribution in [-0.4, -0.2) is 30.9 Å². The molecule has 0 spiro atoms. The Morgan fingerprint density at radius 1 is 1.08 bits per heavy atom. The molecule has 0 aliphatic heterocycles. The van der Waals surface area contributed by atoms with Crippen molar-refractivity contribution in [1.29, 1.82) is 0 Å². The average molecular weight is 375 g/mol. The van der Waals surface area contributed by atoms with Crippen molar-refractivity contribution in [3.63, 3.8) is 0 Å². The van der Waals surface area contributed by atoms with Crippen LogP contribution in [-0.2, 0) is 9.53 Å². The Bertz CT molecular complexity index is 808. The van der Waals surface area contributed by atoms with E-state index in [1.54, 1.807) is 49.4 Å². The van der Waals surface area contributed by atoms with E-state index in [9.17, 15) is 14.4 Å². The van der Waals surface area contributed by atoms with Crippen LogP contribution in [0.15, 0.2) is 48.5 Å². The van der Waals surface area contributed by atoms with Crippen molar-refractivity contribution in [2.24, 2.45) is 0 Å². The number of anilines is 1. The van der Waals surface area contributed by atoms with Crippen molar-refractivity contribution >= 4 is 35.1 Å². The molecule has 0 saturated carbocycles. The van der Waals surface area contributed by atoms with E-state index in [4.69, 9.17) is 16.3 Å². The summed E-state index contributed by atoms with van der Waals surface area (Å²) < 4.78 is 4.92. The van der Waals surface area contributed by atoms with E-state index in [0.29, 0.717) is 21.8 Å². The lowest BCUT2D eigenvalue weighted by molar-refractivity contribution is -0.116. The van der Waals surface area contributed by atoms with Crippen LogP contribution >= 0.6 is 11.6 Å². The zero-order valence-corrected chi connectivity index (χ0v) is 15.0. The van der Waals surface area contributed by atoms with E-state index in [1.807, 2.05) is 0 Å². The van der Waals surface area contributed by atoms with Crippen LogP contribution in [0.3, 0.4) is 0 Å². The Hall–Kier alpha value is -2.86. The van der Waals surface area contributed by atoms with Gasteiger partial charge in [-0.25, -0.2) is 4.79 Å². The first-order chi connectivity index (χ1) is 12.5. The number of halogens is 1. The van der Waals surface area contributed by atoms with Crippen molar-refractivity contribution in [2.75, 3.05) is 18.5 Å². The molecule has 0 bridgehead atoms. The van der Waals surface area contributed by atoms with Gasteiger partial charge in [-0.2, -0.15) is 0 Å². The van der Waals surface area contributed by atoms with E-state index in [0.717, 1.165) is 0 Å². The first-order valence-corrected chi connectivity index (χ1v) is 8.49. The smallest absolute Gasteiger partial charge is 0.338 e. The van der Waals surface area contributed by atoms with Gasteiger partial charge in [-0.05, 0) is 37.3 Å². The highest BCUT2D eigenvalue weighted by molar-refractivity contribution is 6.33. The lowest BCUT2D eigenvalue weighted by Crippen LogP contribution is -2.27. The first-order valence-electron chi connectivity index (χ1n) is 8.11. The third-order valence-corrected chi connectivity index (χ3v) is 3.74. The first kappa shape index (κ1) is 19.5. The fourth-order valence-corrected chi connectivity index (χ4v) is 2.41. The average Bonchev–Trinajstić information content (AvgIpc) is 2.62.